The molecule has 23 rings (SSSR count). The summed E-state index contributed by atoms with van der Waals surface area (Å²) < 4.78 is 67.1. The van der Waals surface area contributed by atoms with E-state index in [0.29, 0.717) is 129 Å². The van der Waals surface area contributed by atoms with Gasteiger partial charge in [-0.2, -0.15) is 20.4 Å². The molecule has 3 fully saturated rings. The predicted molar refractivity (Wildman–Crippen MR) is 573 cm³/mol. The van der Waals surface area contributed by atoms with Crippen molar-refractivity contribution in [3.63, 3.8) is 0 Å². The fourth-order valence-corrected chi connectivity index (χ4v) is 19.2. The third-order valence-corrected chi connectivity index (χ3v) is 27.1. The number of fused-ring (bicyclic) bond motifs is 4. The van der Waals surface area contributed by atoms with Crippen molar-refractivity contribution < 1.29 is 47.4 Å². The van der Waals surface area contributed by atoms with Crippen molar-refractivity contribution in [2.45, 2.75) is 116 Å². The number of nitrogen functional groups attached to an aromatic ring is 4. The highest BCUT2D eigenvalue weighted by molar-refractivity contribution is 7.11. The van der Waals surface area contributed by atoms with E-state index >= 15 is 0 Å². The fraction of sp³-hybridized carbons (Fsp3) is 0.221. The van der Waals surface area contributed by atoms with Crippen LogP contribution >= 0.6 is 22.7 Å². The number of thiazole rings is 1. The standard InChI is InChI=1S/C30H26N6O3.C30H29N5O3.C27H26N6O2S.C26H26N6O2S/c1-32-26-8-3-2-5-21(26)18-38-24-6-4-7-25(17-24)39-23-11-9-20(10-12-23)28-27-29(31)33-19-34-30(27)36(35-28)22-13-15-37-16-14-22;1-20-5-2-3-8-26(20)37-18-21-6-4-7-25(17-21)38-24-11-9-22(10-12-24)28-27-29(31)32-19-33-30(27)35(34-28)23-13-15-36-16-14-23;1-17-29-14-23(36-17)15-34-21-7-4-8-22(13-21)35-20-11-9-18(10-12-20)25-24-26(28)30-16-31-27(24)33(32-25)19-5-2-3-6-19;1-31(2)12-13-32-26-23(25(27)28-17-29-26)24(30-32)18-8-10-19(11-9-18)34-21-6-3-5-20(15-21)33-16-22-7-4-14-35-22/h2-12,17,19,22H,13-16,18H2,(H2,31,33,34);2-12,17,19,23H,13-16,18H2,1H3,(H2,31,32,33);4,7-14,16,19H,2-3,5-6,15H2,1H3,(H2,28,30,31);3-11,14-15,17H,12-13,16H2,1-2H3,(H2,27,28,29). The molecule has 0 atom stereocenters. The lowest BCUT2D eigenvalue weighted by Crippen LogP contribution is -2.20. The van der Waals surface area contributed by atoms with E-state index in [9.17, 15) is 0 Å². The monoisotopic (exact) mass is 2010 g/mol. The molecule has 1 aliphatic carbocycles. The molecule has 2 aliphatic heterocycles. The molecule has 10 aromatic carbocycles. The van der Waals surface area contributed by atoms with Gasteiger partial charge < -0.3 is 75.2 Å². The van der Waals surface area contributed by atoms with E-state index in [2.05, 4.69) is 60.7 Å². The topological polar surface area (TPSA) is 391 Å². The number of nitrogens with zero attached hydrogens (tertiary/aromatic N) is 19. The van der Waals surface area contributed by atoms with Crippen LogP contribution in [0, 0.1) is 20.4 Å². The second-order valence-electron chi connectivity index (χ2n) is 35.9. The van der Waals surface area contributed by atoms with Crippen molar-refractivity contribution in [3.8, 4) is 114 Å². The van der Waals surface area contributed by atoms with Crippen molar-refractivity contribution in [3.05, 3.63) is 335 Å². The molecule has 33 nitrogen and oxygen atoms in total. The Hall–Kier alpha value is -17.3. The fourth-order valence-electron chi connectivity index (χ4n) is 17.9. The Morgan fingerprint density at radius 1 is 0.378 bits per heavy atom. The summed E-state index contributed by atoms with van der Waals surface area (Å²) in [4.78, 5) is 47.0. The van der Waals surface area contributed by atoms with Crippen LogP contribution in [0.2, 0.25) is 0 Å². The third-order valence-electron chi connectivity index (χ3n) is 25.4. The molecule has 0 spiro atoms. The van der Waals surface area contributed by atoms with E-state index in [0.717, 1.165) is 195 Å². The minimum absolute atomic E-state index is 0.205. The largest absolute Gasteiger partial charge is 0.490 e. The summed E-state index contributed by atoms with van der Waals surface area (Å²) in [7, 11) is 4.06. The van der Waals surface area contributed by atoms with E-state index in [1.54, 1.807) is 28.7 Å². The van der Waals surface area contributed by atoms with E-state index in [1.807, 2.05) is 301 Å². The number of hydrogen-bond acceptors (Lipinski definition) is 30. The second kappa shape index (κ2) is 46.2. The van der Waals surface area contributed by atoms with Gasteiger partial charge in [0, 0.05) is 84.5 Å². The zero-order chi connectivity index (χ0) is 101. The summed E-state index contributed by atoms with van der Waals surface area (Å²) in [5, 5.41) is 25.8. The molecule has 148 heavy (non-hydrogen) atoms. The average molecular weight is 2010 g/mol. The Kier molecular flexibility index (Phi) is 30.6. The average Bonchev–Trinajstić information content (AvgIpc) is 1.62. The van der Waals surface area contributed by atoms with Gasteiger partial charge in [0.25, 0.3) is 0 Å². The van der Waals surface area contributed by atoms with Gasteiger partial charge in [-0.15, -0.1) is 22.7 Å². The number of para-hydroxylation sites is 2. The van der Waals surface area contributed by atoms with Gasteiger partial charge in [0.2, 0.25) is 0 Å². The Morgan fingerprint density at radius 3 is 1.21 bits per heavy atom. The Bertz CT molecular complexity index is 8000. The number of ether oxygens (including phenoxy) is 10. The van der Waals surface area contributed by atoms with Crippen LogP contribution in [-0.4, -0.2) is 136 Å². The first-order chi connectivity index (χ1) is 72.5. The van der Waals surface area contributed by atoms with Gasteiger partial charge in [0.05, 0.1) is 62.7 Å². The Labute approximate surface area is 861 Å². The van der Waals surface area contributed by atoms with Crippen molar-refractivity contribution in [2.75, 3.05) is 70.0 Å². The van der Waals surface area contributed by atoms with Crippen LogP contribution in [0.25, 0.3) is 94.0 Å². The molecule has 0 unspecified atom stereocenters. The molecule has 12 heterocycles. The van der Waals surface area contributed by atoms with E-state index in [-0.39, 0.29) is 12.1 Å². The number of likely N-dealkylation sites (N-methyl/N-ethyl adjacent to an activating group) is 1. The van der Waals surface area contributed by atoms with E-state index in [4.69, 9.17) is 97.3 Å². The van der Waals surface area contributed by atoms with Gasteiger partial charge in [-0.1, -0.05) is 91.7 Å². The number of thiophene rings is 1. The molecule has 0 radical (unpaired) electrons. The number of aromatic nitrogens is 17. The molecular formula is C113H107N23O10S2. The highest BCUT2D eigenvalue weighted by Gasteiger charge is 2.30. The van der Waals surface area contributed by atoms with Gasteiger partial charge in [-0.25, -0.2) is 68.4 Å². The molecular weight excluding hydrogens is 1900 g/mol. The van der Waals surface area contributed by atoms with Crippen LogP contribution in [0.4, 0.5) is 29.0 Å². The molecule has 35 heteroatoms. The van der Waals surface area contributed by atoms with Crippen molar-refractivity contribution in [2.24, 2.45) is 0 Å². The molecule has 20 aromatic rings. The molecule has 3 aliphatic rings. The molecule has 10 aromatic heterocycles. The van der Waals surface area contributed by atoms with Crippen LogP contribution in [0.1, 0.15) is 101 Å². The first kappa shape index (κ1) is 98.1. The zero-order valence-corrected chi connectivity index (χ0v) is 83.5. The number of anilines is 4. The quantitative estimate of drug-likeness (QED) is 0.0304. The smallest absolute Gasteiger partial charge is 0.193 e. The van der Waals surface area contributed by atoms with Crippen molar-refractivity contribution >= 4 is 95.8 Å². The maximum absolute atomic E-state index is 7.32. The van der Waals surface area contributed by atoms with Gasteiger partial charge in [0.15, 0.2) is 28.3 Å². The lowest BCUT2D eigenvalue weighted by Gasteiger charge is -2.22. The number of nitrogens with two attached hydrogens (primary N) is 4. The van der Waals surface area contributed by atoms with Crippen molar-refractivity contribution in [1.82, 2.24) is 88.9 Å². The van der Waals surface area contributed by atoms with Gasteiger partial charge in [-0.05, 0) is 246 Å². The predicted octanol–water partition coefficient (Wildman–Crippen LogP) is 23.9. The van der Waals surface area contributed by atoms with Gasteiger partial charge >= 0.3 is 0 Å². The summed E-state index contributed by atoms with van der Waals surface area (Å²) in [5.74, 6) is 10.4. The summed E-state index contributed by atoms with van der Waals surface area (Å²) in [6, 6.07) is 82.1. The molecule has 0 bridgehead atoms. The first-order valence-corrected chi connectivity index (χ1v) is 50.5. The highest BCUT2D eigenvalue weighted by Crippen LogP contribution is 2.43. The zero-order valence-electron chi connectivity index (χ0n) is 81.9. The van der Waals surface area contributed by atoms with Crippen LogP contribution in [0.15, 0.2) is 292 Å². The van der Waals surface area contributed by atoms with E-state index < -0.39 is 0 Å². The molecule has 2 saturated heterocycles. The lowest BCUT2D eigenvalue weighted by atomic mass is 10.1. The third kappa shape index (κ3) is 23.5. The molecule has 8 N–H and O–H groups in total. The van der Waals surface area contributed by atoms with Crippen LogP contribution < -0.4 is 60.8 Å². The number of benzene rings is 10. The lowest BCUT2D eigenvalue weighted by molar-refractivity contribution is 0.0673. The Morgan fingerprint density at radius 2 is 0.777 bits per heavy atom. The molecule has 746 valence electrons. The summed E-state index contributed by atoms with van der Waals surface area (Å²) in [5.41, 5.74) is 38.4. The summed E-state index contributed by atoms with van der Waals surface area (Å²) in [6.45, 7) is 17.5. The van der Waals surface area contributed by atoms with Crippen molar-refractivity contribution in [1.29, 1.82) is 0 Å². The molecule has 0 amide bonds. The SMILES string of the molecule is CN(C)CCn1nc(-c2ccc(Oc3cccc(OCc4cccs4)c3)cc2)c2c(N)ncnc21.Cc1ccccc1OCc1cccc(Oc2ccc(-c3nn(C4CCOCC4)c4ncnc(N)c34)cc2)c1.Cc1ncc(COc2cccc(Oc3ccc(-c4nn(C5CCCC5)c5ncnc(N)c45)cc3)c2)s1.[C-]#[N+]c1ccccc1COc1cccc(Oc2ccc(-c3nn(C4CCOCC4)c4ncnc(N)c34)cc2)c1. The van der Waals surface area contributed by atoms with Crippen LogP contribution in [0.3, 0.4) is 0 Å². The number of hydrogen-bond donors (Lipinski definition) is 4. The highest BCUT2D eigenvalue weighted by atomic mass is 32.1. The van der Waals surface area contributed by atoms with Crippen LogP contribution in [0.5, 0.6) is 69.0 Å². The van der Waals surface area contributed by atoms with Crippen LogP contribution in [-0.2, 0) is 42.4 Å². The van der Waals surface area contributed by atoms with E-state index in [1.165, 1.54) is 43.0 Å². The second-order valence-corrected chi connectivity index (χ2v) is 38.2. The molecule has 1 saturated carbocycles. The van der Waals surface area contributed by atoms with Gasteiger partial charge in [-0.3, -0.25) is 0 Å². The first-order valence-electron chi connectivity index (χ1n) is 48.8. The Balaban J connectivity index is 0.000000120. The number of rotatable bonds is 30. The maximum Gasteiger partial charge on any atom is 0.193 e. The maximum atomic E-state index is 7.32. The number of aryl methyl sites for hydroxylation is 2. The minimum Gasteiger partial charge on any atom is -0.490 e. The summed E-state index contributed by atoms with van der Waals surface area (Å²) in [6.07, 6.45) is 16.0. The normalized spacial score (nSPS) is 13.3. The summed E-state index contributed by atoms with van der Waals surface area (Å²) >= 11 is 3.31. The minimum atomic E-state index is 0.205. The van der Waals surface area contributed by atoms with Gasteiger partial charge in [0.1, 0.15) is 167 Å².